The lowest BCUT2D eigenvalue weighted by Crippen LogP contribution is -2.45. The summed E-state index contributed by atoms with van der Waals surface area (Å²) in [7, 11) is 0. The van der Waals surface area contributed by atoms with E-state index < -0.39 is 0 Å². The number of nitrogens with one attached hydrogen (secondary N) is 1. The maximum Gasteiger partial charge on any atom is 0.0603 e. The molecule has 2 aliphatic carbocycles. The Kier molecular flexibility index (Phi) is 2.48. The van der Waals surface area contributed by atoms with E-state index in [4.69, 9.17) is 0 Å². The third-order valence-electron chi connectivity index (χ3n) is 5.58. The molecule has 18 heavy (non-hydrogen) atoms. The highest BCUT2D eigenvalue weighted by molar-refractivity contribution is 5.49. The third kappa shape index (κ3) is 1.58. The monoisotopic (exact) mass is 244 g/mol. The highest BCUT2D eigenvalue weighted by atomic mass is 15.0. The van der Waals surface area contributed by atoms with Gasteiger partial charge < -0.3 is 5.32 Å². The van der Waals surface area contributed by atoms with Crippen LogP contribution in [0.3, 0.4) is 0 Å². The largest absolute Gasteiger partial charge is 0.380 e. The van der Waals surface area contributed by atoms with Gasteiger partial charge in [0.05, 0.1) is 11.4 Å². The lowest BCUT2D eigenvalue weighted by Gasteiger charge is -2.43. The minimum atomic E-state index is 0.398. The second-order valence-electron chi connectivity index (χ2n) is 7.13. The zero-order chi connectivity index (χ0) is 13.0. The topological polar surface area (TPSA) is 24.9 Å². The van der Waals surface area contributed by atoms with E-state index in [1.807, 2.05) is 12.3 Å². The zero-order valence-electron chi connectivity index (χ0n) is 12.0. The standard InChI is InChI=1S/C16H24N2/c1-11-13(6-5-9-17-11)18-14-15(2,3)12-7-8-16(14,4)10-12/h5-6,9,12,14,18H,7-8,10H2,1-4H3/t12-,14?,16+/m0/s1. The van der Waals surface area contributed by atoms with E-state index in [1.54, 1.807) is 0 Å². The van der Waals surface area contributed by atoms with Gasteiger partial charge in [-0.3, -0.25) is 4.98 Å². The summed E-state index contributed by atoms with van der Waals surface area (Å²) in [6.45, 7) is 9.42. The van der Waals surface area contributed by atoms with Crippen molar-refractivity contribution >= 4 is 5.69 Å². The first-order valence-electron chi connectivity index (χ1n) is 7.12. The van der Waals surface area contributed by atoms with Gasteiger partial charge in [0, 0.05) is 12.2 Å². The van der Waals surface area contributed by atoms with Crippen LogP contribution in [-0.2, 0) is 0 Å². The summed E-state index contributed by atoms with van der Waals surface area (Å²) >= 11 is 0. The van der Waals surface area contributed by atoms with Crippen molar-refractivity contribution in [2.75, 3.05) is 5.32 Å². The fourth-order valence-corrected chi connectivity index (χ4v) is 4.45. The Morgan fingerprint density at radius 3 is 2.72 bits per heavy atom. The van der Waals surface area contributed by atoms with Gasteiger partial charge >= 0.3 is 0 Å². The lowest BCUT2D eigenvalue weighted by molar-refractivity contribution is 0.155. The maximum atomic E-state index is 4.39. The number of fused-ring (bicyclic) bond motifs is 2. The molecule has 0 saturated heterocycles. The second kappa shape index (κ2) is 3.72. The van der Waals surface area contributed by atoms with Crippen molar-refractivity contribution in [3.05, 3.63) is 24.0 Å². The van der Waals surface area contributed by atoms with Gasteiger partial charge in [-0.05, 0) is 55.1 Å². The van der Waals surface area contributed by atoms with Gasteiger partial charge in [-0.1, -0.05) is 20.8 Å². The van der Waals surface area contributed by atoms with Crippen molar-refractivity contribution in [1.82, 2.24) is 4.98 Å². The van der Waals surface area contributed by atoms with E-state index in [-0.39, 0.29) is 0 Å². The quantitative estimate of drug-likeness (QED) is 0.850. The number of aromatic nitrogens is 1. The number of pyridine rings is 1. The highest BCUT2D eigenvalue weighted by Crippen LogP contribution is 2.63. The molecule has 0 spiro atoms. The number of nitrogens with zero attached hydrogens (tertiary/aromatic N) is 1. The van der Waals surface area contributed by atoms with Crippen LogP contribution in [0.4, 0.5) is 5.69 Å². The zero-order valence-corrected chi connectivity index (χ0v) is 12.0. The number of anilines is 1. The molecule has 0 aliphatic heterocycles. The number of aryl methyl sites for hydroxylation is 1. The van der Waals surface area contributed by atoms with E-state index in [1.165, 1.54) is 24.9 Å². The van der Waals surface area contributed by atoms with Crippen LogP contribution in [0.1, 0.15) is 45.7 Å². The van der Waals surface area contributed by atoms with Crippen molar-refractivity contribution in [2.45, 2.75) is 53.0 Å². The minimum absolute atomic E-state index is 0.398. The second-order valence-corrected chi connectivity index (χ2v) is 7.13. The van der Waals surface area contributed by atoms with Crippen molar-refractivity contribution in [3.63, 3.8) is 0 Å². The first-order valence-corrected chi connectivity index (χ1v) is 7.12. The minimum Gasteiger partial charge on any atom is -0.380 e. The van der Waals surface area contributed by atoms with E-state index >= 15 is 0 Å². The summed E-state index contributed by atoms with van der Waals surface area (Å²) in [5.41, 5.74) is 3.19. The molecule has 2 heteroatoms. The summed E-state index contributed by atoms with van der Waals surface area (Å²) in [6.07, 6.45) is 6.04. The Morgan fingerprint density at radius 2 is 2.11 bits per heavy atom. The molecule has 0 radical (unpaired) electrons. The Hall–Kier alpha value is -1.05. The normalized spacial score (nSPS) is 36.9. The smallest absolute Gasteiger partial charge is 0.0603 e. The molecule has 2 bridgehead atoms. The summed E-state index contributed by atoms with van der Waals surface area (Å²) in [5.74, 6) is 0.886. The van der Waals surface area contributed by atoms with E-state index in [0.717, 1.165) is 11.6 Å². The number of rotatable bonds is 2. The molecule has 2 fully saturated rings. The van der Waals surface area contributed by atoms with Crippen molar-refractivity contribution in [2.24, 2.45) is 16.7 Å². The average molecular weight is 244 g/mol. The fraction of sp³-hybridized carbons (Fsp3) is 0.688. The molecule has 2 aliphatic rings. The van der Waals surface area contributed by atoms with E-state index in [2.05, 4.69) is 44.1 Å². The third-order valence-corrected chi connectivity index (χ3v) is 5.58. The Labute approximate surface area is 110 Å². The van der Waals surface area contributed by atoms with Crippen molar-refractivity contribution < 1.29 is 0 Å². The predicted molar refractivity (Wildman–Crippen MR) is 75.6 cm³/mol. The molecular formula is C16H24N2. The van der Waals surface area contributed by atoms with Crippen molar-refractivity contribution in [3.8, 4) is 0 Å². The first kappa shape index (κ1) is 12.0. The fourth-order valence-electron chi connectivity index (χ4n) is 4.45. The molecule has 98 valence electrons. The Morgan fingerprint density at radius 1 is 1.33 bits per heavy atom. The van der Waals surface area contributed by atoms with Gasteiger partial charge in [-0.15, -0.1) is 0 Å². The predicted octanol–water partition coefficient (Wildman–Crippen LogP) is 4.02. The van der Waals surface area contributed by atoms with Crippen LogP contribution in [0.25, 0.3) is 0 Å². The Bertz CT molecular complexity index is 461. The van der Waals surface area contributed by atoms with Gasteiger partial charge in [0.1, 0.15) is 0 Å². The lowest BCUT2D eigenvalue weighted by atomic mass is 9.68. The molecule has 2 nitrogen and oxygen atoms in total. The molecule has 0 aromatic carbocycles. The van der Waals surface area contributed by atoms with Gasteiger partial charge in [0.15, 0.2) is 0 Å². The molecule has 1 N–H and O–H groups in total. The molecule has 1 heterocycles. The summed E-state index contributed by atoms with van der Waals surface area (Å²) < 4.78 is 0. The van der Waals surface area contributed by atoms with Gasteiger partial charge in [-0.25, -0.2) is 0 Å². The molecule has 2 saturated carbocycles. The Balaban J connectivity index is 1.91. The summed E-state index contributed by atoms with van der Waals surface area (Å²) in [6, 6.07) is 4.76. The summed E-state index contributed by atoms with van der Waals surface area (Å²) in [5, 5.41) is 3.81. The van der Waals surface area contributed by atoms with Crippen LogP contribution in [-0.4, -0.2) is 11.0 Å². The summed E-state index contributed by atoms with van der Waals surface area (Å²) in [4.78, 5) is 4.39. The highest BCUT2D eigenvalue weighted by Gasteiger charge is 2.59. The van der Waals surface area contributed by atoms with Crippen LogP contribution in [0.15, 0.2) is 18.3 Å². The van der Waals surface area contributed by atoms with Crippen LogP contribution >= 0.6 is 0 Å². The first-order chi connectivity index (χ1) is 8.43. The molecule has 0 amide bonds. The van der Waals surface area contributed by atoms with Gasteiger partial charge in [-0.2, -0.15) is 0 Å². The van der Waals surface area contributed by atoms with Crippen LogP contribution in [0.5, 0.6) is 0 Å². The van der Waals surface area contributed by atoms with Crippen LogP contribution < -0.4 is 5.32 Å². The molecular weight excluding hydrogens is 220 g/mol. The maximum absolute atomic E-state index is 4.39. The van der Waals surface area contributed by atoms with E-state index in [9.17, 15) is 0 Å². The molecule has 1 aromatic rings. The van der Waals surface area contributed by atoms with Crippen LogP contribution in [0.2, 0.25) is 0 Å². The molecule has 1 unspecified atom stereocenters. The SMILES string of the molecule is Cc1ncccc1NC1C(C)(C)[C@H]2CC[C@]1(C)C2. The van der Waals surface area contributed by atoms with Gasteiger partial charge in [0.2, 0.25) is 0 Å². The van der Waals surface area contributed by atoms with Crippen molar-refractivity contribution in [1.29, 1.82) is 0 Å². The average Bonchev–Trinajstić information content (AvgIpc) is 2.78. The van der Waals surface area contributed by atoms with Gasteiger partial charge in [0.25, 0.3) is 0 Å². The van der Waals surface area contributed by atoms with E-state index in [0.29, 0.717) is 16.9 Å². The molecule has 3 rings (SSSR count). The number of hydrogen-bond acceptors (Lipinski definition) is 2. The molecule has 3 atom stereocenters. The number of hydrogen-bond donors (Lipinski definition) is 1. The molecule has 1 aromatic heterocycles. The van der Waals surface area contributed by atoms with Crippen LogP contribution in [0, 0.1) is 23.7 Å².